The number of halogens is 1. The summed E-state index contributed by atoms with van der Waals surface area (Å²) in [5, 5.41) is -0.568. The van der Waals surface area contributed by atoms with Crippen LogP contribution in [0.1, 0.15) is 11.1 Å². The molecule has 0 fully saturated rings. The van der Waals surface area contributed by atoms with Crippen LogP contribution in [0.15, 0.2) is 41.6 Å². The number of pyridine rings is 1. The van der Waals surface area contributed by atoms with E-state index in [0.717, 1.165) is 21.5 Å². The molecule has 4 nitrogen and oxygen atoms in total. The minimum Gasteiger partial charge on any atom is -0.268 e. The number of aryl methyl sites for hydroxylation is 2. The second kappa shape index (κ2) is 5.20. The van der Waals surface area contributed by atoms with Crippen LogP contribution < -0.4 is 4.31 Å². The third kappa shape index (κ3) is 2.65. The van der Waals surface area contributed by atoms with Gasteiger partial charge < -0.3 is 0 Å². The Labute approximate surface area is 117 Å². The fourth-order valence-electron chi connectivity index (χ4n) is 1.96. The van der Waals surface area contributed by atoms with Crippen LogP contribution in [-0.4, -0.2) is 20.4 Å². The van der Waals surface area contributed by atoms with Gasteiger partial charge in [-0.05, 0) is 49.2 Å². The van der Waals surface area contributed by atoms with Gasteiger partial charge in [-0.2, -0.15) is 8.42 Å². The van der Waals surface area contributed by atoms with Crippen LogP contribution in [-0.2, 0) is 10.0 Å². The minimum absolute atomic E-state index is 0.479. The molecule has 0 aliphatic heterocycles. The smallest absolute Gasteiger partial charge is 0.268 e. The molecule has 0 amide bonds. The van der Waals surface area contributed by atoms with Crippen molar-refractivity contribution in [2.75, 3.05) is 11.4 Å². The highest BCUT2D eigenvalue weighted by atomic mass is 32.2. The highest BCUT2D eigenvalue weighted by Crippen LogP contribution is 2.24. The molecule has 0 bridgehead atoms. The van der Waals surface area contributed by atoms with Gasteiger partial charge in [0.05, 0.1) is 5.69 Å². The lowest BCUT2D eigenvalue weighted by Crippen LogP contribution is -2.28. The predicted octanol–water partition coefficient (Wildman–Crippen LogP) is 2.66. The Bertz CT molecular complexity index is 724. The van der Waals surface area contributed by atoms with Crippen LogP contribution in [0.5, 0.6) is 0 Å². The van der Waals surface area contributed by atoms with Gasteiger partial charge in [-0.15, -0.1) is 0 Å². The Morgan fingerprint density at radius 2 is 1.75 bits per heavy atom. The highest BCUT2D eigenvalue weighted by Gasteiger charge is 2.26. The van der Waals surface area contributed by atoms with Crippen molar-refractivity contribution in [3.63, 3.8) is 0 Å². The van der Waals surface area contributed by atoms with E-state index in [-0.39, 0.29) is 0 Å². The van der Waals surface area contributed by atoms with Gasteiger partial charge in [0.2, 0.25) is 5.03 Å². The van der Waals surface area contributed by atoms with Crippen molar-refractivity contribution in [3.8, 4) is 0 Å². The molecular weight excluding hydrogens is 279 g/mol. The van der Waals surface area contributed by atoms with Crippen molar-refractivity contribution in [1.29, 1.82) is 0 Å². The third-order valence-electron chi connectivity index (χ3n) is 2.90. The van der Waals surface area contributed by atoms with E-state index in [0.29, 0.717) is 5.69 Å². The van der Waals surface area contributed by atoms with Gasteiger partial charge in [-0.1, -0.05) is 6.07 Å². The molecule has 0 atom stereocenters. The molecule has 0 unspecified atom stereocenters. The number of benzene rings is 1. The predicted molar refractivity (Wildman–Crippen MR) is 75.7 cm³/mol. The summed E-state index contributed by atoms with van der Waals surface area (Å²) < 4.78 is 39.5. The van der Waals surface area contributed by atoms with E-state index in [1.54, 1.807) is 12.1 Å². The maximum Gasteiger partial charge on any atom is 0.284 e. The molecule has 2 rings (SSSR count). The Morgan fingerprint density at radius 3 is 2.30 bits per heavy atom. The van der Waals surface area contributed by atoms with E-state index in [1.807, 2.05) is 19.9 Å². The second-order valence-corrected chi connectivity index (χ2v) is 6.49. The van der Waals surface area contributed by atoms with Crippen molar-refractivity contribution in [2.45, 2.75) is 18.9 Å². The van der Waals surface area contributed by atoms with Crippen molar-refractivity contribution >= 4 is 15.7 Å². The standard InChI is InChI=1S/C14H15FN2O2S/c1-10-7-11(2)9-12(8-10)17(3)20(18,19)14-13(15)5-4-6-16-14/h4-9H,1-3H3. The largest absolute Gasteiger partial charge is 0.284 e. The molecule has 0 saturated carbocycles. The summed E-state index contributed by atoms with van der Waals surface area (Å²) in [7, 11) is -2.62. The molecule has 0 radical (unpaired) electrons. The van der Waals surface area contributed by atoms with Crippen molar-refractivity contribution in [3.05, 3.63) is 53.5 Å². The zero-order valence-electron chi connectivity index (χ0n) is 11.5. The van der Waals surface area contributed by atoms with E-state index < -0.39 is 20.9 Å². The summed E-state index contributed by atoms with van der Waals surface area (Å²) in [6, 6.07) is 7.82. The Balaban J connectivity index is 2.52. The van der Waals surface area contributed by atoms with Gasteiger partial charge in [0.15, 0.2) is 5.82 Å². The van der Waals surface area contributed by atoms with Gasteiger partial charge in [0.25, 0.3) is 10.0 Å². The second-order valence-electron chi connectivity index (χ2n) is 4.61. The first kappa shape index (κ1) is 14.5. The van der Waals surface area contributed by atoms with Crippen molar-refractivity contribution in [2.24, 2.45) is 0 Å². The Morgan fingerprint density at radius 1 is 1.15 bits per heavy atom. The normalized spacial score (nSPS) is 11.4. The van der Waals surface area contributed by atoms with Crippen LogP contribution in [0, 0.1) is 19.7 Å². The van der Waals surface area contributed by atoms with E-state index >= 15 is 0 Å². The maximum absolute atomic E-state index is 13.7. The summed E-state index contributed by atoms with van der Waals surface area (Å²) >= 11 is 0. The molecule has 0 spiro atoms. The number of anilines is 1. The Hall–Kier alpha value is -1.95. The molecule has 0 N–H and O–H groups in total. The SMILES string of the molecule is Cc1cc(C)cc(N(C)S(=O)(=O)c2ncccc2F)c1. The summed E-state index contributed by atoms with van der Waals surface area (Å²) in [5.41, 5.74) is 2.35. The number of nitrogens with zero attached hydrogens (tertiary/aromatic N) is 2. The number of aromatic nitrogens is 1. The van der Waals surface area contributed by atoms with Gasteiger partial charge in [0, 0.05) is 13.2 Å². The lowest BCUT2D eigenvalue weighted by atomic mass is 10.1. The van der Waals surface area contributed by atoms with Crippen LogP contribution in [0.4, 0.5) is 10.1 Å². The van der Waals surface area contributed by atoms with E-state index in [4.69, 9.17) is 0 Å². The van der Waals surface area contributed by atoms with Crippen LogP contribution in [0.3, 0.4) is 0 Å². The number of hydrogen-bond donors (Lipinski definition) is 0. The average Bonchev–Trinajstić information content (AvgIpc) is 2.37. The summed E-state index contributed by atoms with van der Waals surface area (Å²) in [6.07, 6.45) is 1.26. The lowest BCUT2D eigenvalue weighted by molar-refractivity contribution is 0.552. The highest BCUT2D eigenvalue weighted by molar-refractivity contribution is 7.92. The van der Waals surface area contributed by atoms with Crippen LogP contribution in [0.25, 0.3) is 0 Å². The molecule has 0 aliphatic rings. The Kier molecular flexibility index (Phi) is 3.76. The lowest BCUT2D eigenvalue weighted by Gasteiger charge is -2.20. The van der Waals surface area contributed by atoms with E-state index in [2.05, 4.69) is 4.98 Å². The molecule has 1 heterocycles. The number of sulfonamides is 1. The van der Waals surface area contributed by atoms with E-state index in [9.17, 15) is 12.8 Å². The molecule has 106 valence electrons. The van der Waals surface area contributed by atoms with Crippen LogP contribution in [0.2, 0.25) is 0 Å². The quantitative estimate of drug-likeness (QED) is 0.874. The first-order chi connectivity index (χ1) is 9.32. The van der Waals surface area contributed by atoms with Crippen LogP contribution >= 0.6 is 0 Å². The number of hydrogen-bond acceptors (Lipinski definition) is 3. The average molecular weight is 294 g/mol. The number of rotatable bonds is 3. The molecule has 0 aliphatic carbocycles. The summed E-state index contributed by atoms with van der Waals surface area (Å²) in [6.45, 7) is 3.75. The minimum atomic E-state index is -4.01. The molecule has 2 aromatic rings. The van der Waals surface area contributed by atoms with Crippen molar-refractivity contribution < 1.29 is 12.8 Å². The van der Waals surface area contributed by atoms with Crippen molar-refractivity contribution in [1.82, 2.24) is 4.98 Å². The fourth-order valence-corrected chi connectivity index (χ4v) is 3.11. The molecule has 1 aromatic carbocycles. The third-order valence-corrected chi connectivity index (χ3v) is 4.62. The fraction of sp³-hybridized carbons (Fsp3) is 0.214. The zero-order chi connectivity index (χ0) is 14.9. The zero-order valence-corrected chi connectivity index (χ0v) is 12.3. The van der Waals surface area contributed by atoms with Gasteiger partial charge in [0.1, 0.15) is 0 Å². The summed E-state index contributed by atoms with van der Waals surface area (Å²) in [5.74, 6) is -0.858. The first-order valence-corrected chi connectivity index (χ1v) is 7.44. The summed E-state index contributed by atoms with van der Waals surface area (Å²) in [4.78, 5) is 3.64. The van der Waals surface area contributed by atoms with Gasteiger partial charge in [-0.3, -0.25) is 4.31 Å². The molecule has 20 heavy (non-hydrogen) atoms. The molecule has 0 saturated heterocycles. The molecule has 6 heteroatoms. The molecule has 1 aromatic heterocycles. The topological polar surface area (TPSA) is 50.3 Å². The first-order valence-electron chi connectivity index (χ1n) is 6.00. The maximum atomic E-state index is 13.7. The van der Waals surface area contributed by atoms with Gasteiger partial charge >= 0.3 is 0 Å². The monoisotopic (exact) mass is 294 g/mol. The van der Waals surface area contributed by atoms with E-state index in [1.165, 1.54) is 19.3 Å². The van der Waals surface area contributed by atoms with Gasteiger partial charge in [-0.25, -0.2) is 9.37 Å². The molecular formula is C14H15FN2O2S.